The molecule has 2 aliphatic heterocycles. The van der Waals surface area contributed by atoms with Crippen LogP contribution in [-0.4, -0.2) is 35.1 Å². The number of hydrogen-bond donors (Lipinski definition) is 1. The van der Waals surface area contributed by atoms with E-state index in [9.17, 15) is 14.4 Å². The fraction of sp³-hybridized carbons (Fsp3) is 0.318. The molecule has 0 bridgehead atoms. The van der Waals surface area contributed by atoms with Gasteiger partial charge in [0.15, 0.2) is 0 Å². The topological polar surface area (TPSA) is 84.9 Å². The molecule has 0 aromatic heterocycles. The van der Waals surface area contributed by atoms with Crippen molar-refractivity contribution in [3.63, 3.8) is 0 Å². The second-order valence-corrected chi connectivity index (χ2v) is 7.89. The summed E-state index contributed by atoms with van der Waals surface area (Å²) in [6.07, 6.45) is 2.44. The summed E-state index contributed by atoms with van der Waals surface area (Å²) in [4.78, 5) is 41.6. The number of ether oxygens (including phenoxy) is 1. The molecule has 3 aliphatic rings. The van der Waals surface area contributed by atoms with E-state index in [1.807, 2.05) is 24.3 Å². The van der Waals surface area contributed by atoms with Gasteiger partial charge in [-0.2, -0.15) is 0 Å². The molecule has 5 rings (SSSR count). The fourth-order valence-electron chi connectivity index (χ4n) is 4.46. The van der Waals surface area contributed by atoms with Crippen LogP contribution in [0.15, 0.2) is 48.5 Å². The van der Waals surface area contributed by atoms with E-state index in [1.165, 1.54) is 5.56 Å². The number of carbonyl (C=O) groups is 3. The molecule has 2 heterocycles. The highest BCUT2D eigenvalue weighted by atomic mass is 16.7. The Balaban J connectivity index is 1.22. The zero-order valence-corrected chi connectivity index (χ0v) is 15.7. The maximum Gasteiger partial charge on any atom is 0.407 e. The van der Waals surface area contributed by atoms with Crippen molar-refractivity contribution >= 4 is 17.9 Å². The third kappa shape index (κ3) is 3.07. The Labute approximate surface area is 167 Å². The molecule has 1 unspecified atom stereocenters. The monoisotopic (exact) mass is 392 g/mol. The van der Waals surface area contributed by atoms with Gasteiger partial charge < -0.3 is 10.1 Å². The Morgan fingerprint density at radius 3 is 2.34 bits per heavy atom. The van der Waals surface area contributed by atoms with Crippen molar-refractivity contribution in [2.24, 2.45) is 0 Å². The predicted molar refractivity (Wildman–Crippen MR) is 102 cm³/mol. The van der Waals surface area contributed by atoms with Gasteiger partial charge in [-0.15, -0.1) is 5.06 Å². The number of hydroxylamine groups is 2. The lowest BCUT2D eigenvalue weighted by molar-refractivity contribution is -0.101. The molecular formula is C22H20N2O5. The lowest BCUT2D eigenvalue weighted by Crippen LogP contribution is -2.40. The number of imide groups is 1. The molecule has 1 N–H and O–H groups in total. The maximum atomic E-state index is 12.3. The molecule has 3 amide bonds. The summed E-state index contributed by atoms with van der Waals surface area (Å²) in [5, 5.41) is 3.79. The maximum absolute atomic E-state index is 12.3. The smallest absolute Gasteiger partial charge is 0.407 e. The van der Waals surface area contributed by atoms with Gasteiger partial charge in [0.25, 0.3) is 11.8 Å². The number of benzene rings is 2. The SMILES string of the molecule is O=C1N[C@@]2(CCC(c3ccc(CON4C(=O)c5ccccc5C4=O)cc3)C2)CO1. The second kappa shape index (κ2) is 6.70. The summed E-state index contributed by atoms with van der Waals surface area (Å²) < 4.78 is 5.09. The molecule has 2 aromatic rings. The van der Waals surface area contributed by atoms with Crippen molar-refractivity contribution in [1.29, 1.82) is 0 Å². The van der Waals surface area contributed by atoms with Gasteiger partial charge in [0.05, 0.1) is 16.7 Å². The number of cyclic esters (lactones) is 1. The fourth-order valence-corrected chi connectivity index (χ4v) is 4.46. The minimum atomic E-state index is -0.431. The Kier molecular flexibility index (Phi) is 4.13. The average molecular weight is 392 g/mol. The van der Waals surface area contributed by atoms with E-state index < -0.39 is 11.8 Å². The Morgan fingerprint density at radius 2 is 1.72 bits per heavy atom. The Hall–Kier alpha value is -3.19. The van der Waals surface area contributed by atoms with Crippen LogP contribution in [0.5, 0.6) is 0 Å². The minimum Gasteiger partial charge on any atom is -0.447 e. The van der Waals surface area contributed by atoms with Crippen LogP contribution in [0.1, 0.15) is 57.0 Å². The van der Waals surface area contributed by atoms with Crippen LogP contribution in [0.3, 0.4) is 0 Å². The van der Waals surface area contributed by atoms with Gasteiger partial charge in [0, 0.05) is 0 Å². The number of alkyl carbamates (subject to hydrolysis) is 1. The van der Waals surface area contributed by atoms with Crippen LogP contribution < -0.4 is 5.32 Å². The lowest BCUT2D eigenvalue weighted by Gasteiger charge is -2.20. The number of rotatable bonds is 4. The second-order valence-electron chi connectivity index (χ2n) is 7.89. The van der Waals surface area contributed by atoms with E-state index in [2.05, 4.69) is 5.32 Å². The van der Waals surface area contributed by atoms with Crippen molar-refractivity contribution in [3.8, 4) is 0 Å². The molecule has 0 radical (unpaired) electrons. The molecule has 2 atom stereocenters. The molecule has 7 heteroatoms. The van der Waals surface area contributed by atoms with Crippen LogP contribution >= 0.6 is 0 Å². The van der Waals surface area contributed by atoms with E-state index in [0.29, 0.717) is 23.7 Å². The largest absolute Gasteiger partial charge is 0.447 e. The van der Waals surface area contributed by atoms with Crippen molar-refractivity contribution in [2.45, 2.75) is 37.3 Å². The highest BCUT2D eigenvalue weighted by molar-refractivity contribution is 6.20. The molecule has 1 spiro atoms. The van der Waals surface area contributed by atoms with Crippen LogP contribution in [0.4, 0.5) is 4.79 Å². The van der Waals surface area contributed by atoms with Gasteiger partial charge in [-0.1, -0.05) is 36.4 Å². The molecule has 2 aromatic carbocycles. The Morgan fingerprint density at radius 1 is 1.03 bits per heavy atom. The number of hydrogen-bond acceptors (Lipinski definition) is 5. The molecule has 148 valence electrons. The average Bonchev–Trinajstić information content (AvgIpc) is 3.39. The predicted octanol–water partition coefficient (Wildman–Crippen LogP) is 3.16. The summed E-state index contributed by atoms with van der Waals surface area (Å²) in [6, 6.07) is 14.7. The first kappa shape index (κ1) is 17.9. The Bertz CT molecular complexity index is 968. The standard InChI is InChI=1S/C22H20N2O5/c25-19-17-3-1-2-4-18(17)20(26)24(19)29-12-14-5-7-15(8-6-14)16-9-10-22(11-16)13-28-21(27)23-22/h1-8,16H,9-13H2,(H,23,27)/t16?,22-/m1/s1. The zero-order valence-electron chi connectivity index (χ0n) is 15.7. The molecular weight excluding hydrogens is 372 g/mol. The quantitative estimate of drug-likeness (QED) is 0.808. The van der Waals surface area contributed by atoms with Crippen molar-refractivity contribution in [3.05, 3.63) is 70.8 Å². The van der Waals surface area contributed by atoms with Gasteiger partial charge >= 0.3 is 6.09 Å². The van der Waals surface area contributed by atoms with Gasteiger partial charge in [-0.25, -0.2) is 4.79 Å². The van der Waals surface area contributed by atoms with E-state index >= 15 is 0 Å². The molecule has 1 saturated heterocycles. The molecule has 29 heavy (non-hydrogen) atoms. The first-order valence-corrected chi connectivity index (χ1v) is 9.69. The zero-order chi connectivity index (χ0) is 20.0. The van der Waals surface area contributed by atoms with Crippen molar-refractivity contribution in [2.75, 3.05) is 6.61 Å². The van der Waals surface area contributed by atoms with Crippen LogP contribution in [0.25, 0.3) is 0 Å². The minimum absolute atomic E-state index is 0.129. The lowest BCUT2D eigenvalue weighted by atomic mass is 9.93. The van der Waals surface area contributed by atoms with E-state index in [4.69, 9.17) is 9.57 Å². The number of fused-ring (bicyclic) bond motifs is 1. The normalized spacial score (nSPS) is 25.4. The molecule has 1 aliphatic carbocycles. The van der Waals surface area contributed by atoms with Crippen molar-refractivity contribution in [1.82, 2.24) is 10.4 Å². The van der Waals surface area contributed by atoms with E-state index in [0.717, 1.165) is 29.9 Å². The van der Waals surface area contributed by atoms with Gasteiger partial charge in [-0.3, -0.25) is 14.4 Å². The van der Waals surface area contributed by atoms with Crippen LogP contribution in [0.2, 0.25) is 0 Å². The van der Waals surface area contributed by atoms with Gasteiger partial charge in [0.1, 0.15) is 13.2 Å². The number of nitrogens with one attached hydrogen (secondary N) is 1. The number of nitrogens with zero attached hydrogens (tertiary/aromatic N) is 1. The molecule has 1 saturated carbocycles. The summed E-state index contributed by atoms with van der Waals surface area (Å²) in [5.41, 5.74) is 2.58. The van der Waals surface area contributed by atoms with E-state index in [1.54, 1.807) is 24.3 Å². The number of amides is 3. The first-order chi connectivity index (χ1) is 14.0. The summed E-state index contributed by atoms with van der Waals surface area (Å²) in [5.74, 6) is -0.498. The van der Waals surface area contributed by atoms with Gasteiger partial charge in [0.2, 0.25) is 0 Å². The van der Waals surface area contributed by atoms with Crippen molar-refractivity contribution < 1.29 is 24.0 Å². The number of carbonyl (C=O) groups excluding carboxylic acids is 3. The molecule has 7 nitrogen and oxygen atoms in total. The summed E-state index contributed by atoms with van der Waals surface area (Å²) in [7, 11) is 0. The highest BCUT2D eigenvalue weighted by Crippen LogP contribution is 2.42. The van der Waals surface area contributed by atoms with E-state index in [-0.39, 0.29) is 18.2 Å². The summed E-state index contributed by atoms with van der Waals surface area (Å²) >= 11 is 0. The highest BCUT2D eigenvalue weighted by Gasteiger charge is 2.45. The third-order valence-corrected chi connectivity index (χ3v) is 6.02. The van der Waals surface area contributed by atoms with Crippen LogP contribution in [0, 0.1) is 0 Å². The van der Waals surface area contributed by atoms with Crippen LogP contribution in [-0.2, 0) is 16.2 Å². The third-order valence-electron chi connectivity index (χ3n) is 6.02. The van der Waals surface area contributed by atoms with Gasteiger partial charge in [-0.05, 0) is 48.4 Å². The molecule has 2 fully saturated rings. The first-order valence-electron chi connectivity index (χ1n) is 9.69. The summed E-state index contributed by atoms with van der Waals surface area (Å²) in [6.45, 7) is 0.568.